The van der Waals surface area contributed by atoms with Crippen LogP contribution in [-0.4, -0.2) is 16.5 Å². The molecule has 0 saturated heterocycles. The highest BCUT2D eigenvalue weighted by atomic mass is 19.4. The van der Waals surface area contributed by atoms with Crippen LogP contribution in [0, 0.1) is 0 Å². The zero-order chi connectivity index (χ0) is 14.8. The lowest BCUT2D eigenvalue weighted by Crippen LogP contribution is -2.38. The fourth-order valence-electron chi connectivity index (χ4n) is 2.62. The monoisotopic (exact) mass is 286 g/mol. The van der Waals surface area contributed by atoms with Gasteiger partial charge in [-0.15, -0.1) is 0 Å². The Hall–Kier alpha value is -1.36. The molecule has 1 aromatic rings. The molecule has 5 heteroatoms. The van der Waals surface area contributed by atoms with Crippen molar-refractivity contribution in [1.82, 2.24) is 0 Å². The van der Waals surface area contributed by atoms with Crippen LogP contribution in [0.15, 0.2) is 24.3 Å². The molecule has 0 radical (unpaired) electrons. The van der Waals surface area contributed by atoms with E-state index in [0.29, 0.717) is 12.8 Å². The summed E-state index contributed by atoms with van der Waals surface area (Å²) in [5, 5.41) is 10.4. The van der Waals surface area contributed by atoms with Gasteiger partial charge in [0, 0.05) is 5.56 Å². The van der Waals surface area contributed by atoms with Crippen molar-refractivity contribution in [3.8, 4) is 0 Å². The highest BCUT2D eigenvalue weighted by Gasteiger charge is 2.37. The third-order valence-corrected chi connectivity index (χ3v) is 3.83. The van der Waals surface area contributed by atoms with Gasteiger partial charge in [-0.2, -0.15) is 13.2 Å². The van der Waals surface area contributed by atoms with Crippen LogP contribution in [0.4, 0.5) is 13.2 Å². The van der Waals surface area contributed by atoms with Gasteiger partial charge in [0.05, 0.1) is 5.56 Å². The minimum absolute atomic E-state index is 0.141. The minimum atomic E-state index is -4.42. The predicted octanol–water partition coefficient (Wildman–Crippen LogP) is 3.97. The quantitative estimate of drug-likeness (QED) is 0.659. The Bertz CT molecular complexity index is 469. The SMILES string of the molecule is O=C(c1ccc(C(F)(F)F)cc1)C1(O)CCCCCC1. The van der Waals surface area contributed by atoms with Gasteiger partial charge in [0.25, 0.3) is 0 Å². The van der Waals surface area contributed by atoms with Crippen LogP contribution in [0.1, 0.15) is 54.4 Å². The summed E-state index contributed by atoms with van der Waals surface area (Å²) in [4.78, 5) is 12.3. The summed E-state index contributed by atoms with van der Waals surface area (Å²) >= 11 is 0. The van der Waals surface area contributed by atoms with Crippen molar-refractivity contribution in [2.24, 2.45) is 0 Å². The van der Waals surface area contributed by atoms with E-state index in [-0.39, 0.29) is 5.56 Å². The minimum Gasteiger partial charge on any atom is -0.382 e. The third-order valence-electron chi connectivity index (χ3n) is 3.83. The fourth-order valence-corrected chi connectivity index (χ4v) is 2.62. The first-order chi connectivity index (χ1) is 9.33. The summed E-state index contributed by atoms with van der Waals surface area (Å²) < 4.78 is 37.4. The molecule has 1 aliphatic carbocycles. The van der Waals surface area contributed by atoms with Gasteiger partial charge in [-0.1, -0.05) is 37.8 Å². The summed E-state index contributed by atoms with van der Waals surface area (Å²) in [7, 11) is 0. The van der Waals surface area contributed by atoms with Gasteiger partial charge >= 0.3 is 6.18 Å². The van der Waals surface area contributed by atoms with Gasteiger partial charge in [-0.05, 0) is 25.0 Å². The number of rotatable bonds is 2. The Morgan fingerprint density at radius 2 is 1.50 bits per heavy atom. The largest absolute Gasteiger partial charge is 0.416 e. The van der Waals surface area contributed by atoms with E-state index in [9.17, 15) is 23.1 Å². The number of hydrogen-bond acceptors (Lipinski definition) is 2. The number of carbonyl (C=O) groups excluding carboxylic acids is 1. The Morgan fingerprint density at radius 1 is 1.00 bits per heavy atom. The molecular formula is C15H17F3O2. The maximum Gasteiger partial charge on any atom is 0.416 e. The van der Waals surface area contributed by atoms with Crippen LogP contribution in [0.25, 0.3) is 0 Å². The molecule has 0 aromatic heterocycles. The first kappa shape index (κ1) is 15.0. The molecule has 20 heavy (non-hydrogen) atoms. The number of alkyl halides is 3. The summed E-state index contributed by atoms with van der Waals surface area (Å²) in [5.74, 6) is -0.465. The molecule has 0 spiro atoms. The summed E-state index contributed by atoms with van der Waals surface area (Å²) in [5.41, 5.74) is -2.07. The molecule has 1 aliphatic rings. The number of ketones is 1. The van der Waals surface area contributed by atoms with Crippen molar-refractivity contribution in [3.63, 3.8) is 0 Å². The van der Waals surface area contributed by atoms with E-state index < -0.39 is 23.1 Å². The van der Waals surface area contributed by atoms with Crippen LogP contribution in [0.3, 0.4) is 0 Å². The van der Waals surface area contributed by atoms with Crippen molar-refractivity contribution < 1.29 is 23.1 Å². The smallest absolute Gasteiger partial charge is 0.382 e. The number of carbonyl (C=O) groups is 1. The van der Waals surface area contributed by atoms with Crippen LogP contribution in [0.5, 0.6) is 0 Å². The van der Waals surface area contributed by atoms with Gasteiger partial charge in [0.2, 0.25) is 0 Å². The number of aliphatic hydroxyl groups is 1. The molecule has 1 aromatic carbocycles. The second kappa shape index (κ2) is 5.56. The van der Waals surface area contributed by atoms with Gasteiger partial charge in [-0.3, -0.25) is 4.79 Å². The molecule has 0 bridgehead atoms. The van der Waals surface area contributed by atoms with E-state index in [4.69, 9.17) is 0 Å². The molecule has 1 fully saturated rings. The van der Waals surface area contributed by atoms with Gasteiger partial charge in [0.15, 0.2) is 5.78 Å². The average molecular weight is 286 g/mol. The molecule has 1 saturated carbocycles. The number of hydrogen-bond donors (Lipinski definition) is 1. The highest BCUT2D eigenvalue weighted by Crippen LogP contribution is 2.32. The van der Waals surface area contributed by atoms with Crippen LogP contribution in [0.2, 0.25) is 0 Å². The highest BCUT2D eigenvalue weighted by molar-refractivity contribution is 6.02. The van der Waals surface area contributed by atoms with Crippen LogP contribution >= 0.6 is 0 Å². The van der Waals surface area contributed by atoms with Crippen molar-refractivity contribution in [3.05, 3.63) is 35.4 Å². The van der Waals surface area contributed by atoms with Gasteiger partial charge in [-0.25, -0.2) is 0 Å². The Morgan fingerprint density at radius 3 is 1.95 bits per heavy atom. The molecule has 0 unspecified atom stereocenters. The molecule has 2 rings (SSSR count). The van der Waals surface area contributed by atoms with Crippen molar-refractivity contribution in [1.29, 1.82) is 0 Å². The lowest BCUT2D eigenvalue weighted by molar-refractivity contribution is -0.137. The first-order valence-corrected chi connectivity index (χ1v) is 6.77. The zero-order valence-electron chi connectivity index (χ0n) is 11.0. The molecular weight excluding hydrogens is 269 g/mol. The fraction of sp³-hybridized carbons (Fsp3) is 0.533. The van der Waals surface area contributed by atoms with E-state index in [1.165, 1.54) is 0 Å². The van der Waals surface area contributed by atoms with E-state index >= 15 is 0 Å². The number of Topliss-reactive ketones (excluding diaryl/α,β-unsaturated/α-hetero) is 1. The average Bonchev–Trinajstić information content (AvgIpc) is 2.63. The Balaban J connectivity index is 2.20. The molecule has 0 aliphatic heterocycles. The second-order valence-corrected chi connectivity index (χ2v) is 5.35. The number of benzene rings is 1. The summed E-state index contributed by atoms with van der Waals surface area (Å²) in [6.07, 6.45) is -0.169. The van der Waals surface area contributed by atoms with E-state index in [1.54, 1.807) is 0 Å². The lowest BCUT2D eigenvalue weighted by atomic mass is 9.86. The summed E-state index contributed by atoms with van der Waals surface area (Å²) in [6.45, 7) is 0. The molecule has 0 amide bonds. The molecule has 1 N–H and O–H groups in total. The zero-order valence-corrected chi connectivity index (χ0v) is 11.0. The van der Waals surface area contributed by atoms with E-state index in [2.05, 4.69) is 0 Å². The maximum absolute atomic E-state index is 12.5. The van der Waals surface area contributed by atoms with Gasteiger partial charge in [0.1, 0.15) is 5.60 Å². The maximum atomic E-state index is 12.5. The van der Waals surface area contributed by atoms with E-state index in [0.717, 1.165) is 49.9 Å². The van der Waals surface area contributed by atoms with Crippen molar-refractivity contribution in [2.45, 2.75) is 50.3 Å². The number of halogens is 3. The second-order valence-electron chi connectivity index (χ2n) is 5.35. The molecule has 2 nitrogen and oxygen atoms in total. The Labute approximate surface area is 115 Å². The molecule has 0 atom stereocenters. The van der Waals surface area contributed by atoms with Crippen molar-refractivity contribution >= 4 is 5.78 Å². The van der Waals surface area contributed by atoms with Crippen LogP contribution < -0.4 is 0 Å². The standard InChI is InChI=1S/C15H17F3O2/c16-15(17,18)12-7-5-11(6-8-12)13(19)14(20)9-3-1-2-4-10-14/h5-8,20H,1-4,9-10H2. The normalized spacial score (nSPS) is 19.4. The summed E-state index contributed by atoms with van der Waals surface area (Å²) in [6, 6.07) is 4.06. The Kier molecular flexibility index (Phi) is 4.18. The van der Waals surface area contributed by atoms with Gasteiger partial charge < -0.3 is 5.11 Å². The van der Waals surface area contributed by atoms with Crippen LogP contribution in [-0.2, 0) is 6.18 Å². The predicted molar refractivity (Wildman–Crippen MR) is 68.4 cm³/mol. The molecule has 110 valence electrons. The first-order valence-electron chi connectivity index (χ1n) is 6.77. The third kappa shape index (κ3) is 3.20. The molecule has 0 heterocycles. The van der Waals surface area contributed by atoms with E-state index in [1.807, 2.05) is 0 Å². The van der Waals surface area contributed by atoms with Crippen molar-refractivity contribution in [2.75, 3.05) is 0 Å². The topological polar surface area (TPSA) is 37.3 Å². The lowest BCUT2D eigenvalue weighted by Gasteiger charge is -2.25.